The minimum atomic E-state index is -0.436. The van der Waals surface area contributed by atoms with Crippen molar-refractivity contribution in [1.82, 2.24) is 14.5 Å². The molecule has 4 heterocycles. The van der Waals surface area contributed by atoms with E-state index in [9.17, 15) is 14.9 Å². The molecule has 3 aromatic heterocycles. The zero-order chi connectivity index (χ0) is 35.3. The number of nitriles is 1. The first-order valence-electron chi connectivity index (χ1n) is 16.5. The van der Waals surface area contributed by atoms with Crippen LogP contribution in [0, 0.1) is 17.9 Å². The zero-order valence-electron chi connectivity index (χ0n) is 27.4. The molecule has 8 nitrogen and oxygen atoms in total. The van der Waals surface area contributed by atoms with Crippen LogP contribution in [-0.4, -0.2) is 26.3 Å². The minimum absolute atomic E-state index is 0.274. The van der Waals surface area contributed by atoms with E-state index < -0.39 is 11.8 Å². The van der Waals surface area contributed by atoms with Crippen molar-refractivity contribution in [2.45, 2.75) is 0 Å². The van der Waals surface area contributed by atoms with Gasteiger partial charge in [0.2, 0.25) is 5.69 Å². The Morgan fingerprint density at radius 1 is 0.577 bits per heavy atom. The molecule has 0 saturated carbocycles. The van der Waals surface area contributed by atoms with E-state index in [4.69, 9.17) is 6.57 Å². The van der Waals surface area contributed by atoms with Gasteiger partial charge in [0.05, 0.1) is 45.7 Å². The lowest BCUT2D eigenvalue weighted by Gasteiger charge is -2.19. The Morgan fingerprint density at radius 2 is 1.17 bits per heavy atom. The van der Waals surface area contributed by atoms with Gasteiger partial charge < -0.3 is 4.57 Å². The van der Waals surface area contributed by atoms with Gasteiger partial charge in [0, 0.05) is 57.8 Å². The lowest BCUT2D eigenvalue weighted by molar-refractivity contribution is 0.0926. The number of para-hydroxylation sites is 3. The topological polar surface area (TPSA) is 96.2 Å². The Labute approximate surface area is 297 Å². The number of hydrogen-bond acceptors (Lipinski definition) is 5. The molecule has 1 aliphatic heterocycles. The van der Waals surface area contributed by atoms with Gasteiger partial charge in [-0.25, -0.2) is 9.74 Å². The molecule has 2 amide bonds. The SMILES string of the molecule is [C-]#[N+]c1cncc(-c2cccc3c4cccc(-c5cncc(C#N)c5)c4n(-c4cccc5c4C(=O)N(c4ccccc4-c4ccccc4)C5=O)c23)c1. The number of fused-ring (bicyclic) bond motifs is 4. The lowest BCUT2D eigenvalue weighted by Crippen LogP contribution is -2.30. The van der Waals surface area contributed by atoms with E-state index in [1.54, 1.807) is 42.7 Å². The predicted octanol–water partition coefficient (Wildman–Crippen LogP) is 9.80. The van der Waals surface area contributed by atoms with Crippen LogP contribution in [0.3, 0.4) is 0 Å². The van der Waals surface area contributed by atoms with Crippen LogP contribution in [0.1, 0.15) is 26.3 Å². The van der Waals surface area contributed by atoms with E-state index in [1.807, 2.05) is 95.6 Å². The number of rotatable bonds is 5. The molecule has 8 aromatic rings. The molecular weight excluding hydrogens is 645 g/mol. The van der Waals surface area contributed by atoms with Gasteiger partial charge in [0.15, 0.2) is 0 Å². The minimum Gasteiger partial charge on any atom is -0.307 e. The number of benzene rings is 5. The predicted molar refractivity (Wildman–Crippen MR) is 201 cm³/mol. The van der Waals surface area contributed by atoms with Crippen LogP contribution < -0.4 is 4.90 Å². The molecule has 0 saturated heterocycles. The molecule has 52 heavy (non-hydrogen) atoms. The Bertz CT molecular complexity index is 2760. The third-order valence-electron chi connectivity index (χ3n) is 9.52. The molecule has 0 unspecified atom stereocenters. The summed E-state index contributed by atoms with van der Waals surface area (Å²) in [4.78, 5) is 42.9. The average molecular weight is 669 g/mol. The highest BCUT2D eigenvalue weighted by Gasteiger charge is 2.40. The molecular formula is C44H24N6O2. The summed E-state index contributed by atoms with van der Waals surface area (Å²) in [5.74, 6) is -0.847. The molecule has 0 spiro atoms. The van der Waals surface area contributed by atoms with Gasteiger partial charge >= 0.3 is 0 Å². The highest BCUT2D eigenvalue weighted by Crippen LogP contribution is 2.45. The summed E-state index contributed by atoms with van der Waals surface area (Å²) < 4.78 is 2.04. The van der Waals surface area contributed by atoms with Crippen LogP contribution in [0.4, 0.5) is 11.4 Å². The zero-order valence-corrected chi connectivity index (χ0v) is 27.4. The van der Waals surface area contributed by atoms with Crippen molar-refractivity contribution in [3.8, 4) is 45.1 Å². The van der Waals surface area contributed by atoms with Gasteiger partial charge in [0.25, 0.3) is 11.8 Å². The Hall–Kier alpha value is -7.68. The van der Waals surface area contributed by atoms with Crippen LogP contribution in [0.25, 0.3) is 65.7 Å². The van der Waals surface area contributed by atoms with Gasteiger partial charge in [-0.05, 0) is 41.5 Å². The standard InChI is InChI=1S/C44H24N6O2/c1-46-31-21-30(25-48-26-31)34-14-8-16-36-35-15-7-13-33(29-20-27(22-45)23-47-24-29)41(35)49(42(34)36)39-19-9-17-37-40(39)44(52)50(43(37)51)38-18-6-5-12-32(38)28-10-3-2-4-11-28/h2-21,23-26H. The van der Waals surface area contributed by atoms with Gasteiger partial charge in [-0.3, -0.25) is 19.6 Å². The van der Waals surface area contributed by atoms with Crippen molar-refractivity contribution in [3.05, 3.63) is 174 Å². The summed E-state index contributed by atoms with van der Waals surface area (Å²) >= 11 is 0. The first kappa shape index (κ1) is 30.4. The smallest absolute Gasteiger partial charge is 0.268 e. The van der Waals surface area contributed by atoms with Gasteiger partial charge in [-0.1, -0.05) is 91.0 Å². The molecule has 242 valence electrons. The number of carbonyl (C=O) groups excluding carboxylic acids is 2. The van der Waals surface area contributed by atoms with Gasteiger partial charge in [-0.15, -0.1) is 0 Å². The van der Waals surface area contributed by atoms with Crippen LogP contribution in [0.15, 0.2) is 146 Å². The summed E-state index contributed by atoms with van der Waals surface area (Å²) in [6.07, 6.45) is 6.48. The third kappa shape index (κ3) is 4.60. The summed E-state index contributed by atoms with van der Waals surface area (Å²) in [5.41, 5.74) is 8.61. The highest BCUT2D eigenvalue weighted by molar-refractivity contribution is 6.36. The Morgan fingerprint density at radius 3 is 1.88 bits per heavy atom. The monoisotopic (exact) mass is 668 g/mol. The number of nitrogens with zero attached hydrogens (tertiary/aromatic N) is 6. The van der Waals surface area contributed by atoms with Crippen LogP contribution >= 0.6 is 0 Å². The van der Waals surface area contributed by atoms with E-state index in [0.717, 1.165) is 55.2 Å². The fourth-order valence-corrected chi connectivity index (χ4v) is 7.31. The summed E-state index contributed by atoms with van der Waals surface area (Å²) in [5, 5.41) is 11.5. The maximum absolute atomic E-state index is 14.9. The summed E-state index contributed by atoms with van der Waals surface area (Å²) in [7, 11) is 0. The van der Waals surface area contributed by atoms with Crippen LogP contribution in [-0.2, 0) is 0 Å². The number of anilines is 1. The number of imide groups is 1. The average Bonchev–Trinajstić information content (AvgIpc) is 3.68. The van der Waals surface area contributed by atoms with Crippen molar-refractivity contribution in [3.63, 3.8) is 0 Å². The molecule has 0 bridgehead atoms. The number of aromatic nitrogens is 3. The second-order valence-corrected chi connectivity index (χ2v) is 12.4. The largest absolute Gasteiger partial charge is 0.307 e. The molecule has 0 radical (unpaired) electrons. The van der Waals surface area contributed by atoms with Crippen molar-refractivity contribution in [2.75, 3.05) is 4.90 Å². The molecule has 0 fully saturated rings. The molecule has 0 atom stereocenters. The first-order valence-corrected chi connectivity index (χ1v) is 16.5. The van der Waals surface area contributed by atoms with Crippen molar-refractivity contribution >= 4 is 45.0 Å². The number of pyridine rings is 2. The van der Waals surface area contributed by atoms with Gasteiger partial charge in [-0.2, -0.15) is 5.26 Å². The van der Waals surface area contributed by atoms with Crippen molar-refractivity contribution < 1.29 is 9.59 Å². The van der Waals surface area contributed by atoms with Crippen LogP contribution in [0.2, 0.25) is 0 Å². The number of amides is 2. The second-order valence-electron chi connectivity index (χ2n) is 12.4. The van der Waals surface area contributed by atoms with E-state index in [-0.39, 0.29) is 5.56 Å². The quantitative estimate of drug-likeness (QED) is 0.134. The molecule has 5 aromatic carbocycles. The maximum Gasteiger partial charge on any atom is 0.268 e. The van der Waals surface area contributed by atoms with Crippen molar-refractivity contribution in [1.29, 1.82) is 5.26 Å². The highest BCUT2D eigenvalue weighted by atomic mass is 16.2. The molecule has 8 heteroatoms. The van der Waals surface area contributed by atoms with E-state index in [0.29, 0.717) is 28.2 Å². The fraction of sp³-hybridized carbons (Fsp3) is 0. The Balaban J connectivity index is 1.37. The van der Waals surface area contributed by atoms with E-state index in [2.05, 4.69) is 20.9 Å². The van der Waals surface area contributed by atoms with E-state index in [1.165, 1.54) is 17.3 Å². The second kappa shape index (κ2) is 12.0. The van der Waals surface area contributed by atoms with Crippen LogP contribution in [0.5, 0.6) is 0 Å². The number of hydrogen-bond donors (Lipinski definition) is 0. The maximum atomic E-state index is 14.9. The molecule has 0 aliphatic carbocycles. The van der Waals surface area contributed by atoms with E-state index >= 15 is 0 Å². The normalized spacial score (nSPS) is 12.2. The molecule has 1 aliphatic rings. The first-order chi connectivity index (χ1) is 25.6. The number of carbonyl (C=O) groups is 2. The molecule has 0 N–H and O–H groups in total. The third-order valence-corrected chi connectivity index (χ3v) is 9.52. The fourth-order valence-electron chi connectivity index (χ4n) is 7.31. The van der Waals surface area contributed by atoms with Gasteiger partial charge in [0.1, 0.15) is 6.07 Å². The summed E-state index contributed by atoms with van der Waals surface area (Å²) in [6, 6.07) is 40.2. The lowest BCUT2D eigenvalue weighted by atomic mass is 10.0. The summed E-state index contributed by atoms with van der Waals surface area (Å²) in [6.45, 7) is 7.65. The van der Waals surface area contributed by atoms with Crippen molar-refractivity contribution in [2.24, 2.45) is 0 Å². The Kier molecular flexibility index (Phi) is 7.03. The molecule has 9 rings (SSSR count).